The standard InChI is InChI=1S/C38H45N5O6/c1-9-23-19(2)28-17-32-24(14-15-39)20(3)27(41-32)16-29-21(4)25(10-12-33(44)47-6)36(42-29)26(11-13-34(45)48-7)37-35(38(46)49-8)22(5)30(43-37)18-31(23)40-28/h16-18,40-41H,9-15,39H2,1-8H3. The van der Waals surface area contributed by atoms with Crippen LogP contribution in [0, 0.1) is 13.8 Å². The molecule has 2 aliphatic rings. The van der Waals surface area contributed by atoms with Gasteiger partial charge in [0, 0.05) is 40.5 Å². The third-order valence-electron chi connectivity index (χ3n) is 9.66. The molecule has 0 aliphatic carbocycles. The van der Waals surface area contributed by atoms with Crippen molar-refractivity contribution in [3.8, 4) is 0 Å². The van der Waals surface area contributed by atoms with Gasteiger partial charge in [0.25, 0.3) is 0 Å². The molecule has 0 atom stereocenters. The van der Waals surface area contributed by atoms with Crippen molar-refractivity contribution < 1.29 is 28.6 Å². The van der Waals surface area contributed by atoms with Gasteiger partial charge in [-0.1, -0.05) is 6.92 Å². The summed E-state index contributed by atoms with van der Waals surface area (Å²) >= 11 is 0. The van der Waals surface area contributed by atoms with Gasteiger partial charge in [-0.2, -0.15) is 0 Å². The maximum atomic E-state index is 13.5. The molecule has 0 unspecified atom stereocenters. The molecule has 2 aliphatic heterocycles. The van der Waals surface area contributed by atoms with Crippen LogP contribution in [-0.2, 0) is 47.9 Å². The number of rotatable bonds is 10. The lowest BCUT2D eigenvalue weighted by Gasteiger charge is -2.12. The first-order chi connectivity index (χ1) is 23.5. The number of nitrogens with one attached hydrogen (secondary N) is 2. The van der Waals surface area contributed by atoms with Crippen LogP contribution in [0.3, 0.4) is 0 Å². The van der Waals surface area contributed by atoms with Crippen LogP contribution in [-0.4, -0.2) is 65.7 Å². The van der Waals surface area contributed by atoms with Crippen LogP contribution >= 0.6 is 0 Å². The maximum Gasteiger partial charge on any atom is 0.340 e. The van der Waals surface area contributed by atoms with Crippen molar-refractivity contribution >= 4 is 62.3 Å². The highest BCUT2D eigenvalue weighted by atomic mass is 16.5. The Labute approximate surface area is 286 Å². The molecule has 3 aromatic rings. The van der Waals surface area contributed by atoms with Crippen LogP contribution in [0.1, 0.15) is 90.6 Å². The van der Waals surface area contributed by atoms with Crippen molar-refractivity contribution in [2.75, 3.05) is 27.9 Å². The first-order valence-corrected chi connectivity index (χ1v) is 16.6. The smallest absolute Gasteiger partial charge is 0.340 e. The van der Waals surface area contributed by atoms with Gasteiger partial charge in [-0.05, 0) is 117 Å². The van der Waals surface area contributed by atoms with Crippen LogP contribution in [0.5, 0.6) is 0 Å². The molecule has 0 spiro atoms. The van der Waals surface area contributed by atoms with E-state index in [-0.39, 0.29) is 25.2 Å². The molecule has 0 saturated carbocycles. The molecular formula is C38H45N5O6. The normalized spacial score (nSPS) is 12.8. The molecule has 8 bridgehead atoms. The molecule has 49 heavy (non-hydrogen) atoms. The number of nitrogens with zero attached hydrogens (tertiary/aromatic N) is 2. The second-order valence-corrected chi connectivity index (χ2v) is 12.4. The summed E-state index contributed by atoms with van der Waals surface area (Å²) in [5.74, 6) is -1.32. The van der Waals surface area contributed by atoms with Crippen LogP contribution in [0.2, 0.25) is 0 Å². The summed E-state index contributed by atoms with van der Waals surface area (Å²) in [4.78, 5) is 55.9. The van der Waals surface area contributed by atoms with Crippen molar-refractivity contribution in [2.45, 2.75) is 73.1 Å². The number of allylic oxidation sites excluding steroid dienone is 3. The number of carbonyl (C=O) groups excluding carboxylic acids is 3. The Morgan fingerprint density at radius 3 is 1.84 bits per heavy atom. The van der Waals surface area contributed by atoms with Gasteiger partial charge in [0.1, 0.15) is 0 Å². The first-order valence-electron chi connectivity index (χ1n) is 16.6. The Kier molecular flexibility index (Phi) is 10.5. The van der Waals surface area contributed by atoms with E-state index in [4.69, 9.17) is 29.9 Å². The third kappa shape index (κ3) is 6.67. The van der Waals surface area contributed by atoms with Crippen LogP contribution in [0.4, 0.5) is 0 Å². The number of hydrogen-bond donors (Lipinski definition) is 3. The summed E-state index contributed by atoms with van der Waals surface area (Å²) in [6, 6.07) is 6.10. The van der Waals surface area contributed by atoms with E-state index in [1.165, 1.54) is 21.3 Å². The van der Waals surface area contributed by atoms with Crippen molar-refractivity contribution in [2.24, 2.45) is 5.73 Å². The zero-order valence-electron chi connectivity index (χ0n) is 29.6. The lowest BCUT2D eigenvalue weighted by Crippen LogP contribution is -2.10. The van der Waals surface area contributed by atoms with E-state index >= 15 is 0 Å². The Morgan fingerprint density at radius 1 is 0.673 bits per heavy atom. The third-order valence-corrected chi connectivity index (χ3v) is 9.66. The Hall–Kier alpha value is -5.03. The van der Waals surface area contributed by atoms with E-state index < -0.39 is 11.9 Å². The number of carbonyl (C=O) groups is 3. The van der Waals surface area contributed by atoms with E-state index in [2.05, 4.69) is 36.8 Å². The summed E-state index contributed by atoms with van der Waals surface area (Å²) in [5, 5.41) is 0. The average molecular weight is 668 g/mol. The van der Waals surface area contributed by atoms with Gasteiger partial charge >= 0.3 is 17.9 Å². The molecule has 5 heterocycles. The number of aryl methyl sites for hydroxylation is 3. The maximum absolute atomic E-state index is 13.5. The minimum atomic E-state index is -0.548. The summed E-state index contributed by atoms with van der Waals surface area (Å²) in [6.45, 7) is 10.6. The number of fused-ring (bicyclic) bond motifs is 8. The minimum absolute atomic E-state index is 0.0232. The number of nitrogens with two attached hydrogens (primary N) is 1. The summed E-state index contributed by atoms with van der Waals surface area (Å²) < 4.78 is 15.3. The minimum Gasteiger partial charge on any atom is -0.469 e. The Balaban J connectivity index is 2.02. The largest absolute Gasteiger partial charge is 0.469 e. The summed E-state index contributed by atoms with van der Waals surface area (Å²) in [5.41, 5.74) is 19.6. The predicted molar refractivity (Wildman–Crippen MR) is 191 cm³/mol. The molecule has 0 saturated heterocycles. The summed E-state index contributed by atoms with van der Waals surface area (Å²) in [7, 11) is 4.03. The van der Waals surface area contributed by atoms with E-state index in [1.54, 1.807) is 0 Å². The first kappa shape index (κ1) is 35.3. The fraction of sp³-hybridized carbons (Fsp3) is 0.395. The van der Waals surface area contributed by atoms with Crippen LogP contribution in [0.25, 0.3) is 44.4 Å². The highest BCUT2D eigenvalue weighted by molar-refractivity contribution is 6.25. The van der Waals surface area contributed by atoms with Gasteiger partial charge in [-0.15, -0.1) is 0 Å². The van der Waals surface area contributed by atoms with Gasteiger partial charge in [0.05, 0.1) is 49.7 Å². The zero-order valence-corrected chi connectivity index (χ0v) is 29.6. The topological polar surface area (TPSA) is 162 Å². The van der Waals surface area contributed by atoms with Gasteiger partial charge in [0.15, 0.2) is 0 Å². The lowest BCUT2D eigenvalue weighted by molar-refractivity contribution is -0.141. The van der Waals surface area contributed by atoms with Crippen molar-refractivity contribution in [1.29, 1.82) is 0 Å². The lowest BCUT2D eigenvalue weighted by atomic mass is 9.93. The fourth-order valence-electron chi connectivity index (χ4n) is 6.82. The highest BCUT2D eigenvalue weighted by Crippen LogP contribution is 2.40. The SMILES string of the molecule is CCc1c(C)c2cc3[nH]c(cc4nc(c(CCC(=O)OC)c5nc(cc1[nH]2)C(C)=C5C(=O)OC)C(CCC(=O)OC)=C4C)c(C)c3CCN. The van der Waals surface area contributed by atoms with E-state index in [1.807, 2.05) is 26.0 Å². The number of aromatic nitrogens is 4. The van der Waals surface area contributed by atoms with Crippen LogP contribution < -0.4 is 5.73 Å². The van der Waals surface area contributed by atoms with Gasteiger partial charge in [-0.25, -0.2) is 14.8 Å². The molecule has 4 N–H and O–H groups in total. The van der Waals surface area contributed by atoms with Gasteiger partial charge in [-0.3, -0.25) is 9.59 Å². The van der Waals surface area contributed by atoms with E-state index in [9.17, 15) is 14.4 Å². The van der Waals surface area contributed by atoms with Crippen molar-refractivity contribution in [3.63, 3.8) is 0 Å². The number of methoxy groups -OCH3 is 3. The number of H-pyrrole nitrogens is 2. The molecule has 0 aromatic carbocycles. The molecule has 11 heteroatoms. The number of esters is 3. The van der Waals surface area contributed by atoms with Crippen LogP contribution in [0.15, 0.2) is 18.2 Å². The quantitative estimate of drug-likeness (QED) is 0.172. The second kappa shape index (κ2) is 14.6. The van der Waals surface area contributed by atoms with Gasteiger partial charge < -0.3 is 29.9 Å². The predicted octanol–water partition coefficient (Wildman–Crippen LogP) is 6.09. The molecule has 5 rings (SSSR count). The number of ether oxygens (including phenoxy) is 3. The second-order valence-electron chi connectivity index (χ2n) is 12.4. The van der Waals surface area contributed by atoms with Crippen molar-refractivity contribution in [3.05, 3.63) is 68.8 Å². The zero-order chi connectivity index (χ0) is 35.6. The van der Waals surface area contributed by atoms with Crippen molar-refractivity contribution in [1.82, 2.24) is 19.9 Å². The molecule has 0 fully saturated rings. The van der Waals surface area contributed by atoms with Gasteiger partial charge in [0.2, 0.25) is 0 Å². The fourth-order valence-corrected chi connectivity index (χ4v) is 6.82. The number of aromatic amines is 2. The monoisotopic (exact) mass is 667 g/mol. The number of hydrogen-bond acceptors (Lipinski definition) is 9. The molecule has 3 aromatic heterocycles. The average Bonchev–Trinajstić information content (AvgIpc) is 3.77. The Morgan fingerprint density at radius 2 is 1.22 bits per heavy atom. The molecule has 0 radical (unpaired) electrons. The molecular weight excluding hydrogens is 622 g/mol. The molecule has 11 nitrogen and oxygen atoms in total. The van der Waals surface area contributed by atoms with E-state index in [0.29, 0.717) is 58.9 Å². The molecule has 258 valence electrons. The summed E-state index contributed by atoms with van der Waals surface area (Å²) in [6.07, 6.45) is 2.11. The van der Waals surface area contributed by atoms with E-state index in [0.717, 1.165) is 61.9 Å². The highest BCUT2D eigenvalue weighted by Gasteiger charge is 2.31. The molecule has 0 amide bonds. The Bertz CT molecular complexity index is 2080.